The van der Waals surface area contributed by atoms with Crippen molar-refractivity contribution >= 4 is 12.1 Å². The highest BCUT2D eigenvalue weighted by molar-refractivity contribution is 5.79. The summed E-state index contributed by atoms with van der Waals surface area (Å²) in [5.41, 5.74) is 0.819. The maximum Gasteiger partial charge on any atom is 0.408 e. The Bertz CT molecular complexity index is 407. The first-order valence-electron chi connectivity index (χ1n) is 5.94. The zero-order chi connectivity index (χ0) is 14.1. The number of benzene rings is 1. The molecule has 1 unspecified atom stereocenters. The van der Waals surface area contributed by atoms with E-state index in [1.807, 2.05) is 18.2 Å². The van der Waals surface area contributed by atoms with Crippen molar-refractivity contribution in [2.45, 2.75) is 25.5 Å². The first-order chi connectivity index (χ1) is 9.13. The Morgan fingerprint density at radius 2 is 1.95 bits per heavy atom. The van der Waals surface area contributed by atoms with Crippen molar-refractivity contribution in [1.82, 2.24) is 5.32 Å². The highest BCUT2D eigenvalue weighted by Gasteiger charge is 2.19. The fourth-order valence-corrected chi connectivity index (χ4v) is 1.46. The Labute approximate surface area is 111 Å². The van der Waals surface area contributed by atoms with Gasteiger partial charge in [-0.25, -0.2) is 9.59 Å². The molecule has 0 radical (unpaired) electrons. The van der Waals surface area contributed by atoms with Gasteiger partial charge in [0.15, 0.2) is 0 Å². The lowest BCUT2D eigenvalue weighted by Gasteiger charge is -2.13. The van der Waals surface area contributed by atoms with E-state index in [1.54, 1.807) is 12.1 Å². The van der Waals surface area contributed by atoms with Gasteiger partial charge in [-0.05, 0) is 18.4 Å². The van der Waals surface area contributed by atoms with E-state index < -0.39 is 18.1 Å². The highest BCUT2D eigenvalue weighted by Crippen LogP contribution is 2.02. The fourth-order valence-electron chi connectivity index (χ4n) is 1.46. The van der Waals surface area contributed by atoms with Crippen LogP contribution in [0.25, 0.3) is 0 Å². The highest BCUT2D eigenvalue weighted by atomic mass is 16.5. The van der Waals surface area contributed by atoms with Gasteiger partial charge in [0, 0.05) is 6.61 Å². The lowest BCUT2D eigenvalue weighted by atomic mass is 10.1. The summed E-state index contributed by atoms with van der Waals surface area (Å²) in [5.74, 6) is -1.15. The average Bonchev–Trinajstić information content (AvgIpc) is 2.42. The molecule has 0 bridgehead atoms. The molecular weight excluding hydrogens is 250 g/mol. The Hall–Kier alpha value is -2.08. The Morgan fingerprint density at radius 3 is 2.53 bits per heavy atom. The number of ether oxygens (including phenoxy) is 1. The average molecular weight is 267 g/mol. The lowest BCUT2D eigenvalue weighted by molar-refractivity contribution is -0.139. The van der Waals surface area contributed by atoms with Crippen molar-refractivity contribution in [2.24, 2.45) is 0 Å². The van der Waals surface area contributed by atoms with Gasteiger partial charge in [0.1, 0.15) is 12.6 Å². The van der Waals surface area contributed by atoms with Crippen LogP contribution >= 0.6 is 0 Å². The molecule has 104 valence electrons. The Morgan fingerprint density at radius 1 is 1.26 bits per heavy atom. The van der Waals surface area contributed by atoms with Crippen LogP contribution in [0.1, 0.15) is 18.4 Å². The summed E-state index contributed by atoms with van der Waals surface area (Å²) in [4.78, 5) is 22.3. The van der Waals surface area contributed by atoms with Crippen molar-refractivity contribution in [3.8, 4) is 0 Å². The maximum atomic E-state index is 11.4. The molecule has 0 aliphatic carbocycles. The number of carboxylic acids is 1. The van der Waals surface area contributed by atoms with Crippen LogP contribution in [-0.4, -0.2) is 34.9 Å². The summed E-state index contributed by atoms with van der Waals surface area (Å²) >= 11 is 0. The molecule has 0 fully saturated rings. The fraction of sp³-hybridized carbons (Fsp3) is 0.385. The lowest BCUT2D eigenvalue weighted by Crippen LogP contribution is -2.41. The van der Waals surface area contributed by atoms with E-state index in [2.05, 4.69) is 5.32 Å². The number of aliphatic hydroxyl groups is 1. The van der Waals surface area contributed by atoms with E-state index in [0.29, 0.717) is 6.42 Å². The van der Waals surface area contributed by atoms with Crippen molar-refractivity contribution in [3.63, 3.8) is 0 Å². The second kappa shape index (κ2) is 8.10. The molecule has 0 spiro atoms. The molecule has 0 aromatic heterocycles. The summed E-state index contributed by atoms with van der Waals surface area (Å²) in [5, 5.41) is 19.8. The molecule has 19 heavy (non-hydrogen) atoms. The third-order valence-electron chi connectivity index (χ3n) is 2.45. The molecule has 0 saturated carbocycles. The summed E-state index contributed by atoms with van der Waals surface area (Å²) in [6.45, 7) is -0.0382. The first kappa shape index (κ1) is 15.0. The third-order valence-corrected chi connectivity index (χ3v) is 2.45. The van der Waals surface area contributed by atoms with Crippen molar-refractivity contribution in [1.29, 1.82) is 0 Å². The van der Waals surface area contributed by atoms with E-state index in [-0.39, 0.29) is 19.6 Å². The van der Waals surface area contributed by atoms with Crippen LogP contribution < -0.4 is 5.32 Å². The molecule has 0 heterocycles. The molecule has 1 atom stereocenters. The summed E-state index contributed by atoms with van der Waals surface area (Å²) < 4.78 is 4.91. The molecular formula is C13H17NO5. The van der Waals surface area contributed by atoms with Gasteiger partial charge < -0.3 is 20.3 Å². The standard InChI is InChI=1S/C13H17NO5/c15-8-4-7-11(12(16)17)14-13(18)19-9-10-5-2-1-3-6-10/h1-3,5-6,11,15H,4,7-9H2,(H,14,18)(H,16,17). The van der Waals surface area contributed by atoms with E-state index in [9.17, 15) is 9.59 Å². The number of alkyl carbamates (subject to hydrolysis) is 1. The molecule has 1 amide bonds. The molecule has 6 heteroatoms. The molecule has 3 N–H and O–H groups in total. The predicted molar refractivity (Wildman–Crippen MR) is 67.5 cm³/mol. The predicted octanol–water partition coefficient (Wildman–Crippen LogP) is 1.14. The minimum Gasteiger partial charge on any atom is -0.480 e. The number of carbonyl (C=O) groups is 2. The number of carbonyl (C=O) groups excluding carboxylic acids is 1. The number of carboxylic acid groups (broad SMARTS) is 1. The number of nitrogens with one attached hydrogen (secondary N) is 1. The third kappa shape index (κ3) is 5.87. The van der Waals surface area contributed by atoms with Crippen molar-refractivity contribution in [3.05, 3.63) is 35.9 Å². The van der Waals surface area contributed by atoms with Gasteiger partial charge in [-0.3, -0.25) is 0 Å². The Kier molecular flexibility index (Phi) is 6.38. The maximum absolute atomic E-state index is 11.4. The molecule has 0 saturated heterocycles. The van der Waals surface area contributed by atoms with Crippen molar-refractivity contribution in [2.75, 3.05) is 6.61 Å². The zero-order valence-corrected chi connectivity index (χ0v) is 10.4. The van der Waals surface area contributed by atoms with Crippen LogP contribution in [0.3, 0.4) is 0 Å². The normalized spacial score (nSPS) is 11.6. The molecule has 1 aromatic carbocycles. The van der Waals surface area contributed by atoms with E-state index in [1.165, 1.54) is 0 Å². The van der Waals surface area contributed by atoms with Crippen LogP contribution in [0.2, 0.25) is 0 Å². The van der Waals surface area contributed by atoms with Gasteiger partial charge in [-0.1, -0.05) is 30.3 Å². The second-order valence-electron chi connectivity index (χ2n) is 3.96. The summed E-state index contributed by atoms with van der Waals surface area (Å²) in [6.07, 6.45) is -0.323. The zero-order valence-electron chi connectivity index (χ0n) is 10.4. The molecule has 0 aliphatic heterocycles. The number of aliphatic carboxylic acids is 1. The topological polar surface area (TPSA) is 95.9 Å². The minimum absolute atomic E-state index is 0.0824. The van der Waals surface area contributed by atoms with Crippen LogP contribution in [0.5, 0.6) is 0 Å². The van der Waals surface area contributed by atoms with Gasteiger partial charge in [-0.2, -0.15) is 0 Å². The smallest absolute Gasteiger partial charge is 0.408 e. The SMILES string of the molecule is O=C(NC(CCCO)C(=O)O)OCc1ccccc1. The molecule has 1 aromatic rings. The van der Waals surface area contributed by atoms with Crippen LogP contribution in [-0.2, 0) is 16.1 Å². The number of rotatable bonds is 7. The van der Waals surface area contributed by atoms with Gasteiger partial charge in [0.05, 0.1) is 0 Å². The van der Waals surface area contributed by atoms with E-state index >= 15 is 0 Å². The van der Waals surface area contributed by atoms with E-state index in [0.717, 1.165) is 5.56 Å². The van der Waals surface area contributed by atoms with Gasteiger partial charge in [-0.15, -0.1) is 0 Å². The number of aliphatic hydroxyl groups excluding tert-OH is 1. The van der Waals surface area contributed by atoms with Crippen molar-refractivity contribution < 1.29 is 24.5 Å². The van der Waals surface area contributed by atoms with Gasteiger partial charge in [0.25, 0.3) is 0 Å². The van der Waals surface area contributed by atoms with Gasteiger partial charge in [0.2, 0.25) is 0 Å². The number of hydrogen-bond acceptors (Lipinski definition) is 4. The summed E-state index contributed by atoms with van der Waals surface area (Å²) in [7, 11) is 0. The Balaban J connectivity index is 2.38. The molecule has 1 rings (SSSR count). The first-order valence-corrected chi connectivity index (χ1v) is 5.94. The molecule has 0 aliphatic rings. The van der Waals surface area contributed by atoms with Crippen LogP contribution in [0.4, 0.5) is 4.79 Å². The second-order valence-corrected chi connectivity index (χ2v) is 3.96. The number of hydrogen-bond donors (Lipinski definition) is 3. The van der Waals surface area contributed by atoms with Crippen LogP contribution in [0.15, 0.2) is 30.3 Å². The van der Waals surface area contributed by atoms with Gasteiger partial charge >= 0.3 is 12.1 Å². The summed E-state index contributed by atoms with van der Waals surface area (Å²) in [6, 6.07) is 8.03. The molecule has 6 nitrogen and oxygen atoms in total. The van der Waals surface area contributed by atoms with E-state index in [4.69, 9.17) is 14.9 Å². The monoisotopic (exact) mass is 267 g/mol. The quantitative estimate of drug-likeness (QED) is 0.688. The largest absolute Gasteiger partial charge is 0.480 e. The van der Waals surface area contributed by atoms with Crippen LogP contribution in [0, 0.1) is 0 Å². The number of amides is 1. The minimum atomic E-state index is -1.15.